The van der Waals surface area contributed by atoms with Gasteiger partial charge in [0.2, 0.25) is 0 Å². The highest BCUT2D eigenvalue weighted by Gasteiger charge is 2.18. The first-order chi connectivity index (χ1) is 10.4. The van der Waals surface area contributed by atoms with Gasteiger partial charge in [0.15, 0.2) is 0 Å². The van der Waals surface area contributed by atoms with Gasteiger partial charge in [-0.2, -0.15) is 0 Å². The van der Waals surface area contributed by atoms with Gasteiger partial charge in [-0.1, -0.05) is 17.7 Å². The molecule has 4 nitrogen and oxygen atoms in total. The zero-order valence-corrected chi connectivity index (χ0v) is 13.9. The van der Waals surface area contributed by atoms with Crippen LogP contribution in [0.3, 0.4) is 0 Å². The Hall–Kier alpha value is -2.23. The Labute approximate surface area is 131 Å². The van der Waals surface area contributed by atoms with Gasteiger partial charge in [0.1, 0.15) is 17.3 Å². The summed E-state index contributed by atoms with van der Waals surface area (Å²) in [5, 5.41) is 2.96. The lowest BCUT2D eigenvalue weighted by Gasteiger charge is -2.10. The van der Waals surface area contributed by atoms with Gasteiger partial charge >= 0.3 is 0 Å². The van der Waals surface area contributed by atoms with Gasteiger partial charge in [0, 0.05) is 12.1 Å². The molecule has 0 saturated carbocycles. The first-order valence-electron chi connectivity index (χ1n) is 7.42. The van der Waals surface area contributed by atoms with Crippen LogP contribution in [0, 0.1) is 27.7 Å². The number of ether oxygens (including phenoxy) is 1. The van der Waals surface area contributed by atoms with Crippen LogP contribution in [0.2, 0.25) is 0 Å². The highest BCUT2D eigenvalue weighted by atomic mass is 16.5. The Balaban J connectivity index is 2.02. The number of hydrogen-bond donors (Lipinski definition) is 1. The van der Waals surface area contributed by atoms with Gasteiger partial charge in [-0.25, -0.2) is 0 Å². The highest BCUT2D eigenvalue weighted by Crippen LogP contribution is 2.21. The van der Waals surface area contributed by atoms with Crippen LogP contribution in [0.15, 0.2) is 22.6 Å². The molecule has 22 heavy (non-hydrogen) atoms. The van der Waals surface area contributed by atoms with Crippen LogP contribution in [0.25, 0.3) is 0 Å². The number of amides is 1. The first kappa shape index (κ1) is 16.1. The van der Waals surface area contributed by atoms with Crippen molar-refractivity contribution in [3.63, 3.8) is 0 Å². The molecule has 0 atom stereocenters. The van der Waals surface area contributed by atoms with Crippen molar-refractivity contribution in [2.75, 3.05) is 13.7 Å². The van der Waals surface area contributed by atoms with E-state index in [1.54, 1.807) is 7.11 Å². The van der Waals surface area contributed by atoms with Crippen molar-refractivity contribution in [2.45, 2.75) is 34.1 Å². The summed E-state index contributed by atoms with van der Waals surface area (Å²) in [5.41, 5.74) is 3.83. The Morgan fingerprint density at radius 2 is 1.91 bits per heavy atom. The van der Waals surface area contributed by atoms with E-state index in [0.717, 1.165) is 29.1 Å². The molecule has 0 fully saturated rings. The van der Waals surface area contributed by atoms with E-state index < -0.39 is 0 Å². The average Bonchev–Trinajstić information content (AvgIpc) is 2.72. The lowest BCUT2D eigenvalue weighted by atomic mass is 10.1. The van der Waals surface area contributed by atoms with E-state index in [4.69, 9.17) is 9.15 Å². The van der Waals surface area contributed by atoms with Crippen LogP contribution < -0.4 is 10.1 Å². The number of carbonyl (C=O) groups excluding carboxylic acids is 1. The zero-order chi connectivity index (χ0) is 16.3. The normalized spacial score (nSPS) is 10.6. The maximum absolute atomic E-state index is 12.3. The molecule has 1 aromatic heterocycles. The van der Waals surface area contributed by atoms with Crippen molar-refractivity contribution in [3.05, 3.63) is 52.0 Å². The molecular weight excluding hydrogens is 278 g/mol. The molecule has 0 aliphatic heterocycles. The summed E-state index contributed by atoms with van der Waals surface area (Å²) in [6.07, 6.45) is 0.728. The van der Waals surface area contributed by atoms with Crippen LogP contribution >= 0.6 is 0 Å². The van der Waals surface area contributed by atoms with Crippen molar-refractivity contribution >= 4 is 5.91 Å². The number of carbonyl (C=O) groups is 1. The van der Waals surface area contributed by atoms with Crippen LogP contribution in [-0.2, 0) is 6.42 Å². The van der Waals surface area contributed by atoms with E-state index in [9.17, 15) is 4.79 Å². The number of rotatable bonds is 5. The van der Waals surface area contributed by atoms with Crippen LogP contribution in [0.1, 0.15) is 38.6 Å². The minimum absolute atomic E-state index is 0.0848. The molecule has 1 heterocycles. The van der Waals surface area contributed by atoms with Crippen LogP contribution in [0.4, 0.5) is 0 Å². The molecule has 4 heteroatoms. The molecule has 0 aliphatic rings. The Kier molecular flexibility index (Phi) is 4.91. The van der Waals surface area contributed by atoms with Crippen LogP contribution in [-0.4, -0.2) is 19.6 Å². The summed E-state index contributed by atoms with van der Waals surface area (Å²) in [6.45, 7) is 8.20. The Bertz CT molecular complexity index is 686. The Morgan fingerprint density at radius 3 is 2.50 bits per heavy atom. The fourth-order valence-electron chi connectivity index (χ4n) is 2.63. The second-order valence-electron chi connectivity index (χ2n) is 5.54. The third-order valence-electron chi connectivity index (χ3n) is 3.90. The molecule has 1 amide bonds. The SMILES string of the molecule is COc1ccc(C)cc1CCNC(=O)c1c(C)oc(C)c1C. The van der Waals surface area contributed by atoms with Crippen molar-refractivity contribution in [3.8, 4) is 5.75 Å². The van der Waals surface area contributed by atoms with Crippen LogP contribution in [0.5, 0.6) is 5.75 Å². The standard InChI is InChI=1S/C18H23NO3/c1-11-6-7-16(21-5)15(10-11)8-9-19-18(20)17-12(2)13(3)22-14(17)4/h6-7,10H,8-9H2,1-5H3,(H,19,20). The average molecular weight is 301 g/mol. The summed E-state index contributed by atoms with van der Waals surface area (Å²) in [7, 11) is 1.66. The number of benzene rings is 1. The van der Waals surface area contributed by atoms with Gasteiger partial charge in [0.05, 0.1) is 12.7 Å². The van der Waals surface area contributed by atoms with Gasteiger partial charge < -0.3 is 14.5 Å². The lowest BCUT2D eigenvalue weighted by molar-refractivity contribution is 0.0952. The van der Waals surface area contributed by atoms with Gasteiger partial charge in [-0.3, -0.25) is 4.79 Å². The second kappa shape index (κ2) is 6.69. The van der Waals surface area contributed by atoms with E-state index in [2.05, 4.69) is 11.4 Å². The molecule has 118 valence electrons. The molecular formula is C18H23NO3. The van der Waals surface area contributed by atoms with Crippen molar-refractivity contribution in [1.29, 1.82) is 0 Å². The monoisotopic (exact) mass is 301 g/mol. The molecule has 1 aromatic carbocycles. The zero-order valence-electron chi connectivity index (χ0n) is 13.9. The summed E-state index contributed by atoms with van der Waals surface area (Å²) in [6, 6.07) is 6.06. The first-order valence-corrected chi connectivity index (χ1v) is 7.42. The highest BCUT2D eigenvalue weighted by molar-refractivity contribution is 5.96. The molecule has 0 aliphatic carbocycles. The number of furan rings is 1. The maximum Gasteiger partial charge on any atom is 0.255 e. The number of hydrogen-bond acceptors (Lipinski definition) is 3. The third-order valence-corrected chi connectivity index (χ3v) is 3.90. The topological polar surface area (TPSA) is 51.5 Å². The largest absolute Gasteiger partial charge is 0.496 e. The van der Waals surface area contributed by atoms with E-state index in [0.29, 0.717) is 17.9 Å². The minimum atomic E-state index is -0.0848. The summed E-state index contributed by atoms with van der Waals surface area (Å²) in [4.78, 5) is 12.3. The van der Waals surface area contributed by atoms with E-state index in [1.807, 2.05) is 39.8 Å². The number of methoxy groups -OCH3 is 1. The van der Waals surface area contributed by atoms with Gasteiger partial charge in [-0.05, 0) is 45.7 Å². The fourth-order valence-corrected chi connectivity index (χ4v) is 2.63. The summed E-state index contributed by atoms with van der Waals surface area (Å²) >= 11 is 0. The number of aryl methyl sites for hydroxylation is 3. The second-order valence-corrected chi connectivity index (χ2v) is 5.54. The van der Waals surface area contributed by atoms with Crippen molar-refractivity contribution in [2.24, 2.45) is 0 Å². The molecule has 1 N–H and O–H groups in total. The maximum atomic E-state index is 12.3. The fraction of sp³-hybridized carbons (Fsp3) is 0.389. The lowest BCUT2D eigenvalue weighted by Crippen LogP contribution is -2.26. The minimum Gasteiger partial charge on any atom is -0.496 e. The Morgan fingerprint density at radius 1 is 1.18 bits per heavy atom. The summed E-state index contributed by atoms with van der Waals surface area (Å²) in [5.74, 6) is 2.23. The molecule has 0 saturated heterocycles. The van der Waals surface area contributed by atoms with E-state index in [-0.39, 0.29) is 5.91 Å². The molecule has 0 unspecified atom stereocenters. The predicted octanol–water partition coefficient (Wildman–Crippen LogP) is 3.49. The smallest absolute Gasteiger partial charge is 0.255 e. The summed E-state index contributed by atoms with van der Waals surface area (Å²) < 4.78 is 10.9. The molecule has 0 bridgehead atoms. The molecule has 0 spiro atoms. The van der Waals surface area contributed by atoms with Crippen molar-refractivity contribution < 1.29 is 13.9 Å². The quantitative estimate of drug-likeness (QED) is 0.919. The third kappa shape index (κ3) is 3.32. The number of nitrogens with one attached hydrogen (secondary N) is 1. The van der Waals surface area contributed by atoms with Gasteiger partial charge in [-0.15, -0.1) is 0 Å². The predicted molar refractivity (Wildman–Crippen MR) is 86.7 cm³/mol. The molecule has 2 rings (SSSR count). The van der Waals surface area contributed by atoms with E-state index >= 15 is 0 Å². The molecule has 0 radical (unpaired) electrons. The van der Waals surface area contributed by atoms with E-state index in [1.165, 1.54) is 5.56 Å². The van der Waals surface area contributed by atoms with Gasteiger partial charge in [0.25, 0.3) is 5.91 Å². The van der Waals surface area contributed by atoms with Crippen molar-refractivity contribution in [1.82, 2.24) is 5.32 Å². The molecule has 2 aromatic rings.